The van der Waals surface area contributed by atoms with E-state index in [0.29, 0.717) is 10.8 Å². The number of ether oxygens (including phenoxy) is 1. The zero-order valence-corrected chi connectivity index (χ0v) is 15.8. The van der Waals surface area contributed by atoms with Gasteiger partial charge in [-0.3, -0.25) is 0 Å². The fourth-order valence-corrected chi connectivity index (χ4v) is 2.77. The molecular formula is C21H20ClNO4. The van der Waals surface area contributed by atoms with Gasteiger partial charge in [0, 0.05) is 16.5 Å². The van der Waals surface area contributed by atoms with Crippen molar-refractivity contribution >= 4 is 17.6 Å². The normalized spacial score (nSPS) is 14.4. The molecule has 3 rings (SSSR count). The van der Waals surface area contributed by atoms with E-state index in [1.54, 1.807) is 25.3 Å². The second-order valence-corrected chi connectivity index (χ2v) is 6.92. The smallest absolute Gasteiger partial charge is 0.338 e. The number of nitrogens with zero attached hydrogens (tertiary/aromatic N) is 1. The maximum absolute atomic E-state index is 12.4. The SMILES string of the molecule is C[C@@H](c1ccccc1)[C@](C)(O)C(=O)OCc1ncc(-c2ccc(Cl)cc2)o1. The lowest BCUT2D eigenvalue weighted by Crippen LogP contribution is -2.41. The summed E-state index contributed by atoms with van der Waals surface area (Å²) >= 11 is 5.87. The predicted octanol–water partition coefficient (Wildman–Crippen LogP) is 4.59. The highest BCUT2D eigenvalue weighted by atomic mass is 35.5. The Bertz CT molecular complexity index is 903. The maximum atomic E-state index is 12.4. The third-order valence-corrected chi connectivity index (χ3v) is 4.82. The van der Waals surface area contributed by atoms with Gasteiger partial charge in [0.1, 0.15) is 0 Å². The van der Waals surface area contributed by atoms with Crippen LogP contribution in [0.15, 0.2) is 65.2 Å². The molecule has 0 unspecified atom stereocenters. The average molecular weight is 386 g/mol. The molecule has 2 aromatic carbocycles. The quantitative estimate of drug-likeness (QED) is 0.628. The van der Waals surface area contributed by atoms with Crippen LogP contribution < -0.4 is 0 Å². The van der Waals surface area contributed by atoms with Crippen molar-refractivity contribution in [3.63, 3.8) is 0 Å². The number of hydrogen-bond donors (Lipinski definition) is 1. The van der Waals surface area contributed by atoms with Gasteiger partial charge in [0.15, 0.2) is 18.0 Å². The fraction of sp³-hybridized carbons (Fsp3) is 0.238. The highest BCUT2D eigenvalue weighted by molar-refractivity contribution is 6.30. The standard InChI is InChI=1S/C21H20ClNO4/c1-14(15-6-4-3-5-7-15)21(2,25)20(24)26-13-19-23-12-18(27-19)16-8-10-17(22)11-9-16/h3-12,14,25H,13H2,1-2H3/t14-,21-/m0/s1. The van der Waals surface area contributed by atoms with Crippen molar-refractivity contribution in [3.05, 3.63) is 77.3 Å². The van der Waals surface area contributed by atoms with E-state index >= 15 is 0 Å². The van der Waals surface area contributed by atoms with Gasteiger partial charge >= 0.3 is 5.97 Å². The highest BCUT2D eigenvalue weighted by Crippen LogP contribution is 2.29. The van der Waals surface area contributed by atoms with Gasteiger partial charge in [0.2, 0.25) is 5.89 Å². The minimum Gasteiger partial charge on any atom is -0.454 e. The Balaban J connectivity index is 1.64. The van der Waals surface area contributed by atoms with Crippen molar-refractivity contribution in [3.8, 4) is 11.3 Å². The molecule has 0 amide bonds. The molecule has 0 spiro atoms. The maximum Gasteiger partial charge on any atom is 0.338 e. The number of carbonyl (C=O) groups excluding carboxylic acids is 1. The van der Waals surface area contributed by atoms with E-state index in [-0.39, 0.29) is 12.5 Å². The van der Waals surface area contributed by atoms with E-state index in [4.69, 9.17) is 20.8 Å². The van der Waals surface area contributed by atoms with Crippen LogP contribution in [0.4, 0.5) is 0 Å². The van der Waals surface area contributed by atoms with Crippen molar-refractivity contribution in [1.29, 1.82) is 0 Å². The number of halogens is 1. The lowest BCUT2D eigenvalue weighted by Gasteiger charge is -2.28. The first kappa shape index (κ1) is 19.1. The largest absolute Gasteiger partial charge is 0.454 e. The Morgan fingerprint density at radius 3 is 2.56 bits per heavy atom. The number of carbonyl (C=O) groups is 1. The van der Waals surface area contributed by atoms with Gasteiger partial charge in [-0.05, 0) is 36.8 Å². The molecular weight excluding hydrogens is 366 g/mol. The first-order chi connectivity index (χ1) is 12.9. The lowest BCUT2D eigenvalue weighted by molar-refractivity contribution is -0.167. The summed E-state index contributed by atoms with van der Waals surface area (Å²) in [5.74, 6) is -0.371. The van der Waals surface area contributed by atoms with Gasteiger partial charge in [-0.2, -0.15) is 0 Å². The van der Waals surface area contributed by atoms with Crippen LogP contribution >= 0.6 is 11.6 Å². The fourth-order valence-electron chi connectivity index (χ4n) is 2.64. The molecule has 0 saturated carbocycles. The molecule has 2 atom stereocenters. The number of hydrogen-bond acceptors (Lipinski definition) is 5. The van der Waals surface area contributed by atoms with Crippen molar-refractivity contribution in [2.75, 3.05) is 0 Å². The zero-order chi connectivity index (χ0) is 19.4. The van der Waals surface area contributed by atoms with Crippen LogP contribution in [0.1, 0.15) is 31.2 Å². The van der Waals surface area contributed by atoms with E-state index in [1.165, 1.54) is 6.92 Å². The molecule has 0 fully saturated rings. The highest BCUT2D eigenvalue weighted by Gasteiger charge is 2.39. The van der Waals surface area contributed by atoms with Crippen LogP contribution in [0.5, 0.6) is 0 Å². The van der Waals surface area contributed by atoms with Crippen LogP contribution in [0.25, 0.3) is 11.3 Å². The minimum absolute atomic E-state index is 0.163. The van der Waals surface area contributed by atoms with E-state index < -0.39 is 17.5 Å². The molecule has 27 heavy (non-hydrogen) atoms. The van der Waals surface area contributed by atoms with Crippen molar-refractivity contribution < 1.29 is 19.1 Å². The Labute approximate surface area is 162 Å². The summed E-state index contributed by atoms with van der Waals surface area (Å²) in [7, 11) is 0. The molecule has 3 aromatic rings. The predicted molar refractivity (Wildman–Crippen MR) is 102 cm³/mol. The summed E-state index contributed by atoms with van der Waals surface area (Å²) in [6, 6.07) is 16.4. The Morgan fingerprint density at radius 2 is 1.89 bits per heavy atom. The number of benzene rings is 2. The summed E-state index contributed by atoms with van der Waals surface area (Å²) in [5, 5.41) is 11.3. The van der Waals surface area contributed by atoms with Gasteiger partial charge in [0.25, 0.3) is 0 Å². The molecule has 1 aromatic heterocycles. The molecule has 0 radical (unpaired) electrons. The van der Waals surface area contributed by atoms with Crippen LogP contribution in [0, 0.1) is 0 Å². The summed E-state index contributed by atoms with van der Waals surface area (Å²) in [4.78, 5) is 16.5. The first-order valence-electron chi connectivity index (χ1n) is 8.53. The monoisotopic (exact) mass is 385 g/mol. The zero-order valence-electron chi connectivity index (χ0n) is 15.1. The molecule has 5 nitrogen and oxygen atoms in total. The molecule has 0 aliphatic heterocycles. The van der Waals surface area contributed by atoms with Gasteiger partial charge in [-0.1, -0.05) is 48.9 Å². The number of oxazole rings is 1. The molecule has 1 heterocycles. The van der Waals surface area contributed by atoms with Crippen molar-refractivity contribution in [2.24, 2.45) is 0 Å². The molecule has 1 N–H and O–H groups in total. The number of esters is 1. The second-order valence-electron chi connectivity index (χ2n) is 6.48. The minimum atomic E-state index is -1.67. The van der Waals surface area contributed by atoms with Gasteiger partial charge in [-0.15, -0.1) is 0 Å². The molecule has 140 valence electrons. The summed E-state index contributed by atoms with van der Waals surface area (Å²) in [6.45, 7) is 3.06. The topological polar surface area (TPSA) is 72.6 Å². The molecule has 0 aliphatic rings. The van der Waals surface area contributed by atoms with Gasteiger partial charge < -0.3 is 14.3 Å². The third-order valence-electron chi connectivity index (χ3n) is 4.57. The van der Waals surface area contributed by atoms with Crippen LogP contribution in [-0.4, -0.2) is 21.7 Å². The molecule has 0 bridgehead atoms. The number of rotatable bonds is 6. The van der Waals surface area contributed by atoms with Crippen molar-refractivity contribution in [1.82, 2.24) is 4.98 Å². The number of aliphatic hydroxyl groups is 1. The number of aromatic nitrogens is 1. The van der Waals surface area contributed by atoms with Crippen LogP contribution in [-0.2, 0) is 16.1 Å². The summed E-state index contributed by atoms with van der Waals surface area (Å²) in [6.07, 6.45) is 1.55. The van der Waals surface area contributed by atoms with E-state index in [2.05, 4.69) is 4.98 Å². The van der Waals surface area contributed by atoms with E-state index in [0.717, 1.165) is 11.1 Å². The lowest BCUT2D eigenvalue weighted by atomic mass is 9.85. The van der Waals surface area contributed by atoms with Crippen molar-refractivity contribution in [2.45, 2.75) is 32.0 Å². The van der Waals surface area contributed by atoms with E-state index in [1.807, 2.05) is 42.5 Å². The average Bonchev–Trinajstić information content (AvgIpc) is 3.15. The van der Waals surface area contributed by atoms with Crippen LogP contribution in [0.3, 0.4) is 0 Å². The summed E-state index contributed by atoms with van der Waals surface area (Å²) < 4.78 is 10.8. The Morgan fingerprint density at radius 1 is 1.22 bits per heavy atom. The van der Waals surface area contributed by atoms with Gasteiger partial charge in [0.05, 0.1) is 6.20 Å². The first-order valence-corrected chi connectivity index (χ1v) is 8.91. The molecule has 0 saturated heterocycles. The molecule has 0 aliphatic carbocycles. The second kappa shape index (κ2) is 7.94. The van der Waals surface area contributed by atoms with Crippen LogP contribution in [0.2, 0.25) is 5.02 Å². The van der Waals surface area contributed by atoms with Gasteiger partial charge in [-0.25, -0.2) is 9.78 Å². The van der Waals surface area contributed by atoms with E-state index in [9.17, 15) is 9.90 Å². The summed E-state index contributed by atoms with van der Waals surface area (Å²) in [5.41, 5.74) is -0.0118. The Kier molecular flexibility index (Phi) is 5.63. The third kappa shape index (κ3) is 4.38. The molecule has 6 heteroatoms. The Hall–Kier alpha value is -2.63.